The average Bonchev–Trinajstić information content (AvgIpc) is 2.90. The number of anilines is 2. The highest BCUT2D eigenvalue weighted by atomic mass is 19.1. The summed E-state index contributed by atoms with van der Waals surface area (Å²) in [5.41, 5.74) is 0.855. The number of nitrogens with zero attached hydrogens (tertiary/aromatic N) is 1. The Balaban J connectivity index is 2.10. The Kier molecular flexibility index (Phi) is 4.33. The quantitative estimate of drug-likeness (QED) is 0.842. The standard InChI is InChI=1S/C13H15F2N3O/c1-2-4-16-12-10(14)6-11(15)13(18-12)17-7-9-3-5-19-8-9/h3,5-6,8H,2,4,7H2,1H3,(H2,16,17,18). The van der Waals surface area contributed by atoms with Gasteiger partial charge >= 0.3 is 0 Å². The molecule has 102 valence electrons. The summed E-state index contributed by atoms with van der Waals surface area (Å²) in [6, 6.07) is 2.58. The SMILES string of the molecule is CCCNc1nc(NCc2ccoc2)c(F)cc1F. The Labute approximate surface area is 109 Å². The van der Waals surface area contributed by atoms with Crippen molar-refractivity contribution in [1.29, 1.82) is 0 Å². The fourth-order valence-corrected chi connectivity index (χ4v) is 1.54. The zero-order valence-electron chi connectivity index (χ0n) is 10.5. The summed E-state index contributed by atoms with van der Waals surface area (Å²) in [5.74, 6) is -1.35. The van der Waals surface area contributed by atoms with Crippen LogP contribution in [0.25, 0.3) is 0 Å². The van der Waals surface area contributed by atoms with Gasteiger partial charge in [0.2, 0.25) is 0 Å². The third kappa shape index (κ3) is 3.43. The van der Waals surface area contributed by atoms with Gasteiger partial charge in [0.25, 0.3) is 0 Å². The molecule has 0 bridgehead atoms. The van der Waals surface area contributed by atoms with Crippen molar-refractivity contribution in [2.45, 2.75) is 19.9 Å². The Morgan fingerprint density at radius 3 is 2.58 bits per heavy atom. The van der Waals surface area contributed by atoms with E-state index in [0.717, 1.165) is 18.1 Å². The van der Waals surface area contributed by atoms with Crippen LogP contribution < -0.4 is 10.6 Å². The van der Waals surface area contributed by atoms with E-state index in [9.17, 15) is 8.78 Å². The van der Waals surface area contributed by atoms with E-state index in [0.29, 0.717) is 13.1 Å². The first-order chi connectivity index (χ1) is 9.20. The Morgan fingerprint density at radius 2 is 1.95 bits per heavy atom. The molecule has 0 aliphatic carbocycles. The van der Waals surface area contributed by atoms with E-state index < -0.39 is 11.6 Å². The molecule has 0 aromatic carbocycles. The van der Waals surface area contributed by atoms with Crippen molar-refractivity contribution >= 4 is 11.6 Å². The van der Waals surface area contributed by atoms with Crippen molar-refractivity contribution in [2.75, 3.05) is 17.2 Å². The molecule has 0 saturated heterocycles. The van der Waals surface area contributed by atoms with Gasteiger partial charge in [-0.25, -0.2) is 13.8 Å². The molecule has 2 heterocycles. The summed E-state index contributed by atoms with van der Waals surface area (Å²) in [5, 5.41) is 5.62. The van der Waals surface area contributed by atoms with E-state index >= 15 is 0 Å². The average molecular weight is 267 g/mol. The fourth-order valence-electron chi connectivity index (χ4n) is 1.54. The van der Waals surface area contributed by atoms with Crippen LogP contribution in [0.15, 0.2) is 29.1 Å². The third-order valence-electron chi connectivity index (χ3n) is 2.51. The summed E-state index contributed by atoms with van der Waals surface area (Å²) in [4.78, 5) is 3.91. The first-order valence-corrected chi connectivity index (χ1v) is 6.05. The van der Waals surface area contributed by atoms with E-state index in [4.69, 9.17) is 4.42 Å². The van der Waals surface area contributed by atoms with Gasteiger partial charge in [-0.3, -0.25) is 0 Å². The fraction of sp³-hybridized carbons (Fsp3) is 0.308. The Hall–Kier alpha value is -2.11. The van der Waals surface area contributed by atoms with E-state index in [1.165, 1.54) is 6.26 Å². The monoisotopic (exact) mass is 267 g/mol. The second-order valence-corrected chi connectivity index (χ2v) is 4.06. The van der Waals surface area contributed by atoms with Gasteiger partial charge < -0.3 is 15.1 Å². The first kappa shape index (κ1) is 13.3. The van der Waals surface area contributed by atoms with Crippen LogP contribution in [0.3, 0.4) is 0 Å². The van der Waals surface area contributed by atoms with Crippen LogP contribution in [0.4, 0.5) is 20.4 Å². The smallest absolute Gasteiger partial charge is 0.168 e. The summed E-state index contributed by atoms with van der Waals surface area (Å²) in [7, 11) is 0. The van der Waals surface area contributed by atoms with Crippen molar-refractivity contribution in [3.05, 3.63) is 41.9 Å². The molecule has 0 amide bonds. The van der Waals surface area contributed by atoms with Crippen molar-refractivity contribution in [2.24, 2.45) is 0 Å². The van der Waals surface area contributed by atoms with Crippen molar-refractivity contribution in [3.8, 4) is 0 Å². The highest BCUT2D eigenvalue weighted by Crippen LogP contribution is 2.19. The minimum absolute atomic E-state index is 0.0150. The largest absolute Gasteiger partial charge is 0.472 e. The lowest BCUT2D eigenvalue weighted by molar-refractivity contribution is 0.564. The summed E-state index contributed by atoms with van der Waals surface area (Å²) in [6.07, 6.45) is 3.90. The zero-order chi connectivity index (χ0) is 13.7. The molecule has 0 fully saturated rings. The van der Waals surface area contributed by atoms with Crippen LogP contribution in [0.1, 0.15) is 18.9 Å². The second-order valence-electron chi connectivity index (χ2n) is 4.06. The van der Waals surface area contributed by atoms with Gasteiger partial charge in [0.1, 0.15) is 0 Å². The molecule has 2 aromatic rings. The highest BCUT2D eigenvalue weighted by Gasteiger charge is 2.11. The molecule has 0 aliphatic rings. The van der Waals surface area contributed by atoms with Gasteiger partial charge in [-0.2, -0.15) is 0 Å². The molecular formula is C13H15F2N3O. The predicted molar refractivity (Wildman–Crippen MR) is 69.0 cm³/mol. The molecule has 19 heavy (non-hydrogen) atoms. The topological polar surface area (TPSA) is 50.1 Å². The van der Waals surface area contributed by atoms with Gasteiger partial charge in [0.15, 0.2) is 23.3 Å². The normalized spacial score (nSPS) is 10.5. The van der Waals surface area contributed by atoms with Crippen LogP contribution >= 0.6 is 0 Å². The Bertz CT molecular complexity index is 529. The number of aromatic nitrogens is 1. The van der Waals surface area contributed by atoms with Gasteiger partial charge in [0.05, 0.1) is 12.5 Å². The van der Waals surface area contributed by atoms with Crippen molar-refractivity contribution < 1.29 is 13.2 Å². The minimum Gasteiger partial charge on any atom is -0.472 e. The van der Waals surface area contributed by atoms with Crippen LogP contribution in [-0.2, 0) is 6.54 Å². The van der Waals surface area contributed by atoms with Crippen molar-refractivity contribution in [3.63, 3.8) is 0 Å². The van der Waals surface area contributed by atoms with E-state index in [1.807, 2.05) is 6.92 Å². The molecule has 0 saturated carbocycles. The minimum atomic E-state index is -0.719. The lowest BCUT2D eigenvalue weighted by Crippen LogP contribution is -2.09. The molecule has 2 rings (SSSR count). The molecule has 0 radical (unpaired) electrons. The highest BCUT2D eigenvalue weighted by molar-refractivity contribution is 5.47. The van der Waals surface area contributed by atoms with Gasteiger partial charge in [-0.05, 0) is 12.5 Å². The zero-order valence-corrected chi connectivity index (χ0v) is 10.5. The van der Waals surface area contributed by atoms with Gasteiger partial charge in [-0.1, -0.05) is 6.92 Å². The maximum atomic E-state index is 13.6. The number of rotatable bonds is 6. The molecule has 0 aliphatic heterocycles. The summed E-state index contributed by atoms with van der Waals surface area (Å²) in [6.45, 7) is 2.89. The van der Waals surface area contributed by atoms with Crippen LogP contribution in [0.5, 0.6) is 0 Å². The molecule has 0 unspecified atom stereocenters. The molecule has 0 spiro atoms. The van der Waals surface area contributed by atoms with E-state index in [1.54, 1.807) is 12.3 Å². The molecule has 4 nitrogen and oxygen atoms in total. The molecule has 6 heteroatoms. The predicted octanol–water partition coefficient (Wildman–Crippen LogP) is 3.39. The summed E-state index contributed by atoms with van der Waals surface area (Å²) >= 11 is 0. The van der Waals surface area contributed by atoms with Crippen LogP contribution in [-0.4, -0.2) is 11.5 Å². The molecular weight excluding hydrogens is 252 g/mol. The maximum Gasteiger partial charge on any atom is 0.168 e. The van der Waals surface area contributed by atoms with E-state index in [-0.39, 0.29) is 11.6 Å². The Morgan fingerprint density at radius 1 is 1.21 bits per heavy atom. The lowest BCUT2D eigenvalue weighted by Gasteiger charge is -2.10. The molecule has 2 N–H and O–H groups in total. The summed E-state index contributed by atoms with van der Waals surface area (Å²) < 4.78 is 31.9. The number of furan rings is 1. The second kappa shape index (κ2) is 6.17. The van der Waals surface area contributed by atoms with Crippen LogP contribution in [0, 0.1) is 11.6 Å². The number of hydrogen-bond acceptors (Lipinski definition) is 4. The van der Waals surface area contributed by atoms with Gasteiger partial charge in [-0.15, -0.1) is 0 Å². The molecule has 2 aromatic heterocycles. The third-order valence-corrected chi connectivity index (χ3v) is 2.51. The first-order valence-electron chi connectivity index (χ1n) is 6.05. The molecule has 0 atom stereocenters. The van der Waals surface area contributed by atoms with Crippen LogP contribution in [0.2, 0.25) is 0 Å². The van der Waals surface area contributed by atoms with E-state index in [2.05, 4.69) is 15.6 Å². The lowest BCUT2D eigenvalue weighted by atomic mass is 10.3. The van der Waals surface area contributed by atoms with Crippen molar-refractivity contribution in [1.82, 2.24) is 4.98 Å². The number of halogens is 2. The number of hydrogen-bond donors (Lipinski definition) is 2. The number of pyridine rings is 1. The van der Waals surface area contributed by atoms with Gasteiger partial charge in [0, 0.05) is 24.7 Å². The number of nitrogens with one attached hydrogen (secondary N) is 2. The maximum absolute atomic E-state index is 13.6.